The van der Waals surface area contributed by atoms with Crippen molar-refractivity contribution in [1.82, 2.24) is 0 Å². The minimum absolute atomic E-state index is 0.0777. The highest BCUT2D eigenvalue weighted by Crippen LogP contribution is 2.01. The van der Waals surface area contributed by atoms with Gasteiger partial charge in [-0.15, -0.1) is 0 Å². The lowest BCUT2D eigenvalue weighted by atomic mass is 10.1. The molecule has 0 atom stereocenters. The van der Waals surface area contributed by atoms with E-state index in [0.29, 0.717) is 0 Å². The summed E-state index contributed by atoms with van der Waals surface area (Å²) >= 11 is 0. The predicted molar refractivity (Wildman–Crippen MR) is 51.9 cm³/mol. The maximum Gasteiger partial charge on any atom is 0.202 e. The number of Topliss-reactive ketones (excluding diaryl/α,β-unsaturated/α-hetero) is 2. The van der Waals surface area contributed by atoms with Gasteiger partial charge >= 0.3 is 0 Å². The molecule has 0 aliphatic rings. The molecule has 0 heterocycles. The summed E-state index contributed by atoms with van der Waals surface area (Å²) in [6, 6.07) is 9.08. The molecule has 0 saturated heterocycles. The predicted octanol–water partition coefficient (Wildman–Crippen LogP) is 0.750. The van der Waals surface area contributed by atoms with E-state index in [-0.39, 0.29) is 19.4 Å². The Bertz CT molecular complexity index is 317. The van der Waals surface area contributed by atoms with Crippen LogP contribution in [0.4, 0.5) is 0 Å². The van der Waals surface area contributed by atoms with Crippen LogP contribution in [0.1, 0.15) is 12.0 Å². The molecule has 1 aromatic carbocycles. The third kappa shape index (κ3) is 3.11. The minimum Gasteiger partial charge on any atom is -0.396 e. The van der Waals surface area contributed by atoms with Gasteiger partial charge in [0.2, 0.25) is 11.6 Å². The summed E-state index contributed by atoms with van der Waals surface area (Å²) in [6.07, 6.45) is 0.0470. The first kappa shape index (κ1) is 10.6. The molecular weight excluding hydrogens is 180 g/mol. The first-order valence-electron chi connectivity index (χ1n) is 4.45. The number of carbonyl (C=O) groups is 2. The lowest BCUT2D eigenvalue weighted by molar-refractivity contribution is -0.136. The molecule has 0 amide bonds. The molecule has 0 unspecified atom stereocenters. The fourth-order valence-corrected chi connectivity index (χ4v) is 1.12. The largest absolute Gasteiger partial charge is 0.396 e. The Morgan fingerprint density at radius 1 is 1.07 bits per heavy atom. The van der Waals surface area contributed by atoms with Crippen molar-refractivity contribution < 1.29 is 14.7 Å². The highest BCUT2D eigenvalue weighted by molar-refractivity contribution is 6.37. The van der Waals surface area contributed by atoms with Crippen LogP contribution in [0.2, 0.25) is 0 Å². The van der Waals surface area contributed by atoms with Crippen LogP contribution in [-0.2, 0) is 16.0 Å². The van der Waals surface area contributed by atoms with E-state index in [0.717, 1.165) is 5.56 Å². The van der Waals surface area contributed by atoms with Gasteiger partial charge in [0.1, 0.15) is 0 Å². The number of ketones is 2. The van der Waals surface area contributed by atoms with Crippen molar-refractivity contribution in [3.63, 3.8) is 0 Å². The number of aliphatic hydroxyl groups is 1. The van der Waals surface area contributed by atoms with E-state index in [9.17, 15) is 9.59 Å². The Kier molecular flexibility index (Phi) is 4.01. The van der Waals surface area contributed by atoms with Crippen LogP contribution in [0.25, 0.3) is 0 Å². The van der Waals surface area contributed by atoms with Crippen molar-refractivity contribution in [2.45, 2.75) is 12.8 Å². The Balaban J connectivity index is 2.53. The molecular formula is C11H12O3. The average Bonchev–Trinajstić information content (AvgIpc) is 2.19. The molecule has 1 aromatic rings. The topological polar surface area (TPSA) is 54.4 Å². The zero-order valence-electron chi connectivity index (χ0n) is 7.77. The molecule has 0 radical (unpaired) electrons. The second-order valence-corrected chi connectivity index (χ2v) is 2.98. The van der Waals surface area contributed by atoms with Gasteiger partial charge in [0, 0.05) is 12.8 Å². The minimum atomic E-state index is -0.503. The highest BCUT2D eigenvalue weighted by Gasteiger charge is 2.12. The fraction of sp³-hybridized carbons (Fsp3) is 0.273. The molecule has 0 aliphatic carbocycles. The van der Waals surface area contributed by atoms with Gasteiger partial charge in [0.05, 0.1) is 6.61 Å². The van der Waals surface area contributed by atoms with Crippen molar-refractivity contribution in [3.05, 3.63) is 35.9 Å². The van der Waals surface area contributed by atoms with E-state index < -0.39 is 11.6 Å². The third-order valence-electron chi connectivity index (χ3n) is 1.86. The summed E-state index contributed by atoms with van der Waals surface area (Å²) in [4.78, 5) is 22.3. The van der Waals surface area contributed by atoms with Crippen LogP contribution in [0, 0.1) is 0 Å². The van der Waals surface area contributed by atoms with Crippen LogP contribution in [0.5, 0.6) is 0 Å². The van der Waals surface area contributed by atoms with Crippen molar-refractivity contribution in [1.29, 1.82) is 0 Å². The molecule has 0 fully saturated rings. The molecule has 1 rings (SSSR count). The summed E-state index contributed by atoms with van der Waals surface area (Å²) in [6.45, 7) is -0.265. The van der Waals surface area contributed by atoms with Crippen molar-refractivity contribution >= 4 is 11.6 Å². The van der Waals surface area contributed by atoms with Gasteiger partial charge in [-0.05, 0) is 5.56 Å². The molecule has 1 N–H and O–H groups in total. The fourth-order valence-electron chi connectivity index (χ4n) is 1.12. The smallest absolute Gasteiger partial charge is 0.202 e. The van der Waals surface area contributed by atoms with Crippen LogP contribution < -0.4 is 0 Å². The number of rotatable bonds is 5. The lowest BCUT2D eigenvalue weighted by Gasteiger charge is -1.98. The first-order valence-corrected chi connectivity index (χ1v) is 4.45. The summed E-state index contributed by atoms with van der Waals surface area (Å²) in [5, 5.41) is 8.48. The number of hydrogen-bond acceptors (Lipinski definition) is 3. The molecule has 0 spiro atoms. The normalized spacial score (nSPS) is 9.79. The van der Waals surface area contributed by atoms with Gasteiger partial charge in [0.15, 0.2) is 0 Å². The van der Waals surface area contributed by atoms with E-state index in [1.807, 2.05) is 18.2 Å². The number of hydrogen-bond donors (Lipinski definition) is 1. The van der Waals surface area contributed by atoms with E-state index in [1.54, 1.807) is 12.1 Å². The molecule has 74 valence electrons. The molecule has 0 aromatic heterocycles. The first-order chi connectivity index (χ1) is 6.74. The highest BCUT2D eigenvalue weighted by atomic mass is 16.3. The summed E-state index contributed by atoms with van der Waals surface area (Å²) in [5.74, 6) is -0.943. The second kappa shape index (κ2) is 5.29. The molecule has 3 heteroatoms. The monoisotopic (exact) mass is 192 g/mol. The number of carbonyl (C=O) groups excluding carboxylic acids is 2. The Morgan fingerprint density at radius 2 is 1.71 bits per heavy atom. The van der Waals surface area contributed by atoms with Gasteiger partial charge in [-0.25, -0.2) is 0 Å². The molecule has 3 nitrogen and oxygen atoms in total. The van der Waals surface area contributed by atoms with Gasteiger partial charge in [0.25, 0.3) is 0 Å². The maximum absolute atomic E-state index is 11.2. The van der Waals surface area contributed by atoms with Crippen molar-refractivity contribution in [2.24, 2.45) is 0 Å². The Hall–Kier alpha value is -1.48. The standard InChI is InChI=1S/C11H12O3/c12-7-6-10(13)11(14)8-9-4-2-1-3-5-9/h1-5,12H,6-8H2. The van der Waals surface area contributed by atoms with Crippen molar-refractivity contribution in [3.8, 4) is 0 Å². The zero-order chi connectivity index (χ0) is 10.4. The maximum atomic E-state index is 11.2. The molecule has 0 bridgehead atoms. The van der Waals surface area contributed by atoms with E-state index in [4.69, 9.17) is 5.11 Å². The van der Waals surface area contributed by atoms with E-state index >= 15 is 0 Å². The van der Waals surface area contributed by atoms with Crippen LogP contribution in [0.3, 0.4) is 0 Å². The zero-order valence-corrected chi connectivity index (χ0v) is 7.77. The second-order valence-electron chi connectivity index (χ2n) is 2.98. The lowest BCUT2D eigenvalue weighted by Crippen LogP contribution is -2.17. The van der Waals surface area contributed by atoms with E-state index in [1.165, 1.54) is 0 Å². The van der Waals surface area contributed by atoms with Crippen LogP contribution in [-0.4, -0.2) is 23.3 Å². The number of benzene rings is 1. The Labute approximate surface area is 82.4 Å². The molecule has 0 saturated carbocycles. The Morgan fingerprint density at radius 3 is 2.29 bits per heavy atom. The van der Waals surface area contributed by atoms with Crippen LogP contribution >= 0.6 is 0 Å². The summed E-state index contributed by atoms with van der Waals surface area (Å²) in [7, 11) is 0. The number of aliphatic hydroxyl groups excluding tert-OH is 1. The van der Waals surface area contributed by atoms with Gasteiger partial charge in [-0.1, -0.05) is 30.3 Å². The summed E-state index contributed by atoms with van der Waals surface area (Å²) < 4.78 is 0. The van der Waals surface area contributed by atoms with Crippen molar-refractivity contribution in [2.75, 3.05) is 6.61 Å². The average molecular weight is 192 g/mol. The van der Waals surface area contributed by atoms with Crippen LogP contribution in [0.15, 0.2) is 30.3 Å². The quantitative estimate of drug-likeness (QED) is 0.700. The van der Waals surface area contributed by atoms with Gasteiger partial charge in [-0.3, -0.25) is 9.59 Å². The van der Waals surface area contributed by atoms with Gasteiger partial charge in [-0.2, -0.15) is 0 Å². The SMILES string of the molecule is O=C(CCO)C(=O)Cc1ccccc1. The molecule has 14 heavy (non-hydrogen) atoms. The summed E-state index contributed by atoms with van der Waals surface area (Å²) in [5.41, 5.74) is 0.823. The van der Waals surface area contributed by atoms with E-state index in [2.05, 4.69) is 0 Å². The third-order valence-corrected chi connectivity index (χ3v) is 1.86. The molecule has 0 aliphatic heterocycles. The van der Waals surface area contributed by atoms with Gasteiger partial charge < -0.3 is 5.11 Å².